The highest BCUT2D eigenvalue weighted by Crippen LogP contribution is 2.39. The van der Waals surface area contributed by atoms with Crippen molar-refractivity contribution >= 4 is 30.1 Å². The maximum absolute atomic E-state index is 12.0. The number of nitrogens with two attached hydrogens (primary N) is 1. The van der Waals surface area contributed by atoms with Crippen molar-refractivity contribution < 1.29 is 9.32 Å². The summed E-state index contributed by atoms with van der Waals surface area (Å²) >= 11 is 1.58. The molecule has 3 N–H and O–H groups in total. The molecule has 1 fully saturated rings. The average molecular weight is 334 g/mol. The predicted octanol–water partition coefficient (Wildman–Crippen LogP) is 2.19. The third kappa shape index (κ3) is 4.63. The molecule has 1 amide bonds. The Balaban J connectivity index is 0.00000220. The monoisotopic (exact) mass is 333 g/mol. The molecule has 120 valence electrons. The summed E-state index contributed by atoms with van der Waals surface area (Å²) in [5.41, 5.74) is 7.56. The molecular weight excluding hydrogens is 310 g/mol. The normalized spacial score (nSPS) is 17.0. The number of rotatable bonds is 7. The lowest BCUT2D eigenvalue weighted by molar-refractivity contribution is -0.120. The molecule has 1 aliphatic rings. The molecule has 1 aromatic rings. The molecule has 1 atom stereocenters. The van der Waals surface area contributed by atoms with Crippen LogP contribution in [0.1, 0.15) is 36.8 Å². The van der Waals surface area contributed by atoms with Gasteiger partial charge in [-0.1, -0.05) is 5.16 Å². The van der Waals surface area contributed by atoms with Gasteiger partial charge in [-0.2, -0.15) is 0 Å². The van der Waals surface area contributed by atoms with E-state index in [-0.39, 0.29) is 23.9 Å². The number of aryl methyl sites for hydroxylation is 2. The summed E-state index contributed by atoms with van der Waals surface area (Å²) in [6.45, 7) is 6.36. The van der Waals surface area contributed by atoms with Crippen LogP contribution in [0.4, 0.5) is 0 Å². The molecule has 1 heterocycles. The summed E-state index contributed by atoms with van der Waals surface area (Å²) in [5.74, 6) is 2.62. The van der Waals surface area contributed by atoms with Crippen molar-refractivity contribution in [2.45, 2.75) is 44.9 Å². The first-order valence-corrected chi connectivity index (χ1v) is 8.12. The van der Waals surface area contributed by atoms with Crippen LogP contribution in [0.3, 0.4) is 0 Å². The molecule has 0 saturated heterocycles. The van der Waals surface area contributed by atoms with E-state index in [1.807, 2.05) is 20.8 Å². The standard InChI is InChI=1S/C14H23N3O2S.ClH/c1-9-12(10(2)19-17-9)6-20-7-13(18)16-14(3,8-15)11-4-5-11;/h11H,4-8,15H2,1-3H3,(H,16,18);1H. The van der Waals surface area contributed by atoms with Crippen LogP contribution in [0.2, 0.25) is 0 Å². The van der Waals surface area contributed by atoms with Gasteiger partial charge in [0.25, 0.3) is 0 Å². The van der Waals surface area contributed by atoms with E-state index >= 15 is 0 Å². The second-order valence-electron chi connectivity index (χ2n) is 5.74. The quantitative estimate of drug-likeness (QED) is 0.799. The Morgan fingerprint density at radius 1 is 1.52 bits per heavy atom. The SMILES string of the molecule is Cc1noc(C)c1CSCC(=O)NC(C)(CN)C1CC1.Cl. The van der Waals surface area contributed by atoms with Gasteiger partial charge < -0.3 is 15.6 Å². The van der Waals surface area contributed by atoms with Crippen molar-refractivity contribution in [3.8, 4) is 0 Å². The summed E-state index contributed by atoms with van der Waals surface area (Å²) in [5, 5.41) is 7.00. The maximum Gasteiger partial charge on any atom is 0.230 e. The first-order valence-electron chi connectivity index (χ1n) is 6.97. The lowest BCUT2D eigenvalue weighted by atomic mass is 9.96. The van der Waals surface area contributed by atoms with Crippen LogP contribution in [0.25, 0.3) is 0 Å². The fraction of sp³-hybridized carbons (Fsp3) is 0.714. The van der Waals surface area contributed by atoms with Crippen LogP contribution < -0.4 is 11.1 Å². The van der Waals surface area contributed by atoms with Crippen molar-refractivity contribution in [1.82, 2.24) is 10.5 Å². The minimum Gasteiger partial charge on any atom is -0.361 e. The highest BCUT2D eigenvalue weighted by Gasteiger charge is 2.41. The Morgan fingerprint density at radius 3 is 2.67 bits per heavy atom. The predicted molar refractivity (Wildman–Crippen MR) is 87.7 cm³/mol. The van der Waals surface area contributed by atoms with Gasteiger partial charge in [0.2, 0.25) is 5.91 Å². The minimum atomic E-state index is -0.235. The number of carbonyl (C=O) groups excluding carboxylic acids is 1. The van der Waals surface area contributed by atoms with E-state index < -0.39 is 0 Å². The third-order valence-corrected chi connectivity index (χ3v) is 4.95. The molecule has 5 nitrogen and oxygen atoms in total. The molecule has 0 aromatic carbocycles. The van der Waals surface area contributed by atoms with Crippen LogP contribution in [0.5, 0.6) is 0 Å². The van der Waals surface area contributed by atoms with Crippen LogP contribution in [0.15, 0.2) is 4.52 Å². The van der Waals surface area contributed by atoms with E-state index in [2.05, 4.69) is 10.5 Å². The van der Waals surface area contributed by atoms with Gasteiger partial charge >= 0.3 is 0 Å². The molecule has 21 heavy (non-hydrogen) atoms. The Hall–Kier alpha value is -0.720. The summed E-state index contributed by atoms with van der Waals surface area (Å²) in [7, 11) is 0. The number of hydrogen-bond acceptors (Lipinski definition) is 5. The second-order valence-corrected chi connectivity index (χ2v) is 6.73. The molecule has 0 radical (unpaired) electrons. The van der Waals surface area contributed by atoms with E-state index in [0.717, 1.165) is 22.8 Å². The Bertz CT molecular complexity index is 471. The molecule has 7 heteroatoms. The first kappa shape index (κ1) is 18.3. The van der Waals surface area contributed by atoms with Crippen molar-refractivity contribution in [2.75, 3.05) is 12.3 Å². The first-order chi connectivity index (χ1) is 9.46. The Kier molecular flexibility index (Phi) is 6.56. The number of nitrogens with zero attached hydrogens (tertiary/aromatic N) is 1. The van der Waals surface area contributed by atoms with Gasteiger partial charge in [-0.25, -0.2) is 0 Å². The zero-order chi connectivity index (χ0) is 14.8. The molecule has 0 aliphatic heterocycles. The lowest BCUT2D eigenvalue weighted by Gasteiger charge is -2.29. The van der Waals surface area contributed by atoms with Gasteiger partial charge in [-0.15, -0.1) is 24.2 Å². The largest absolute Gasteiger partial charge is 0.361 e. The molecular formula is C14H24ClN3O2S. The number of halogens is 1. The molecule has 1 aliphatic carbocycles. The lowest BCUT2D eigenvalue weighted by Crippen LogP contribution is -2.53. The minimum absolute atomic E-state index is 0. The van der Waals surface area contributed by atoms with Gasteiger partial charge in [-0.3, -0.25) is 4.79 Å². The fourth-order valence-corrected chi connectivity index (χ4v) is 3.32. The van der Waals surface area contributed by atoms with Crippen molar-refractivity contribution in [3.05, 3.63) is 17.0 Å². The van der Waals surface area contributed by atoms with Crippen LogP contribution in [-0.2, 0) is 10.5 Å². The highest BCUT2D eigenvalue weighted by molar-refractivity contribution is 7.99. The number of carbonyl (C=O) groups is 1. The van der Waals surface area contributed by atoms with E-state index in [1.54, 1.807) is 11.8 Å². The Labute approximate surface area is 136 Å². The molecule has 1 aromatic heterocycles. The zero-order valence-corrected chi connectivity index (χ0v) is 14.4. The number of nitrogens with one attached hydrogen (secondary N) is 1. The summed E-state index contributed by atoms with van der Waals surface area (Å²) < 4.78 is 5.11. The molecule has 1 saturated carbocycles. The number of aromatic nitrogens is 1. The van der Waals surface area contributed by atoms with Crippen LogP contribution in [0, 0.1) is 19.8 Å². The van der Waals surface area contributed by atoms with E-state index in [4.69, 9.17) is 10.3 Å². The van der Waals surface area contributed by atoms with Crippen LogP contribution >= 0.6 is 24.2 Å². The average Bonchev–Trinajstić information content (AvgIpc) is 3.21. The summed E-state index contributed by atoms with van der Waals surface area (Å²) in [6, 6.07) is 0. The summed E-state index contributed by atoms with van der Waals surface area (Å²) in [4.78, 5) is 12.0. The molecule has 1 unspecified atom stereocenters. The topological polar surface area (TPSA) is 81.2 Å². The van der Waals surface area contributed by atoms with Crippen molar-refractivity contribution in [1.29, 1.82) is 0 Å². The second kappa shape index (κ2) is 7.51. The van der Waals surface area contributed by atoms with E-state index in [9.17, 15) is 4.79 Å². The van der Waals surface area contributed by atoms with Gasteiger partial charge in [0.15, 0.2) is 0 Å². The van der Waals surface area contributed by atoms with Gasteiger partial charge in [0.05, 0.1) is 17.0 Å². The molecule has 0 spiro atoms. The van der Waals surface area contributed by atoms with Crippen molar-refractivity contribution in [2.24, 2.45) is 11.7 Å². The fourth-order valence-electron chi connectivity index (χ4n) is 2.35. The van der Waals surface area contributed by atoms with E-state index in [0.29, 0.717) is 18.2 Å². The number of hydrogen-bond donors (Lipinski definition) is 2. The summed E-state index contributed by atoms with van der Waals surface area (Å²) in [6.07, 6.45) is 2.33. The smallest absolute Gasteiger partial charge is 0.230 e. The van der Waals surface area contributed by atoms with Gasteiger partial charge in [-0.05, 0) is 39.5 Å². The van der Waals surface area contributed by atoms with E-state index in [1.165, 1.54) is 12.8 Å². The zero-order valence-electron chi connectivity index (χ0n) is 12.8. The molecule has 0 bridgehead atoms. The van der Waals surface area contributed by atoms with Gasteiger partial charge in [0, 0.05) is 17.9 Å². The van der Waals surface area contributed by atoms with Crippen molar-refractivity contribution in [3.63, 3.8) is 0 Å². The van der Waals surface area contributed by atoms with Crippen LogP contribution in [-0.4, -0.2) is 28.9 Å². The van der Waals surface area contributed by atoms with Gasteiger partial charge in [0.1, 0.15) is 5.76 Å². The Morgan fingerprint density at radius 2 is 2.19 bits per heavy atom. The molecule has 2 rings (SSSR count). The number of amides is 1. The highest BCUT2D eigenvalue weighted by atomic mass is 35.5. The number of thioether (sulfide) groups is 1. The third-order valence-electron chi connectivity index (χ3n) is 3.99. The maximum atomic E-state index is 12.0.